The van der Waals surface area contributed by atoms with Gasteiger partial charge in [0.25, 0.3) is 5.91 Å². The number of nitriles is 1. The molecule has 2 aliphatic carbocycles. The number of hydrogen-bond donors (Lipinski definition) is 4. The first kappa shape index (κ1) is 22.2. The van der Waals surface area contributed by atoms with E-state index in [1.54, 1.807) is 0 Å². The van der Waals surface area contributed by atoms with E-state index in [1.165, 1.54) is 0 Å². The zero-order valence-corrected chi connectivity index (χ0v) is 17.2. The summed E-state index contributed by atoms with van der Waals surface area (Å²) < 4.78 is 38.3. The highest BCUT2D eigenvalue weighted by atomic mass is 19.4. The van der Waals surface area contributed by atoms with Gasteiger partial charge < -0.3 is 20.9 Å². The number of amides is 3. The minimum atomic E-state index is -4.62. The fourth-order valence-electron chi connectivity index (χ4n) is 4.20. The SMILES string of the molecule is N#C[C@H](C[C@@H]1CC2(CC2)NC1=O)NC(=O)[C@H](CC1CC1)NC(=O)c1ccc(C(F)(F)F)[nH]1. The normalized spacial score (nSPS) is 23.2. The lowest BCUT2D eigenvalue weighted by atomic mass is 9.95. The predicted octanol–water partition coefficient (Wildman–Crippen LogP) is 2.00. The lowest BCUT2D eigenvalue weighted by Crippen LogP contribution is -2.50. The number of rotatable bonds is 8. The first-order valence-electron chi connectivity index (χ1n) is 10.7. The van der Waals surface area contributed by atoms with Crippen LogP contribution in [0.4, 0.5) is 13.2 Å². The third kappa shape index (κ3) is 5.06. The molecule has 1 aromatic heterocycles. The van der Waals surface area contributed by atoms with E-state index in [1.807, 2.05) is 11.1 Å². The van der Waals surface area contributed by atoms with Crippen LogP contribution in [0.25, 0.3) is 0 Å². The van der Waals surface area contributed by atoms with Gasteiger partial charge in [0.15, 0.2) is 0 Å². The summed E-state index contributed by atoms with van der Waals surface area (Å²) in [5, 5.41) is 17.5. The molecule has 3 fully saturated rings. The van der Waals surface area contributed by atoms with Crippen molar-refractivity contribution in [3.63, 3.8) is 0 Å². The van der Waals surface area contributed by atoms with Gasteiger partial charge in [0, 0.05) is 11.5 Å². The van der Waals surface area contributed by atoms with Gasteiger partial charge in [0.1, 0.15) is 23.5 Å². The number of aromatic amines is 1. The molecule has 172 valence electrons. The quantitative estimate of drug-likeness (QED) is 0.482. The predicted molar refractivity (Wildman–Crippen MR) is 105 cm³/mol. The molecule has 1 saturated heterocycles. The van der Waals surface area contributed by atoms with Crippen molar-refractivity contribution in [1.82, 2.24) is 20.9 Å². The lowest BCUT2D eigenvalue weighted by Gasteiger charge is -2.21. The summed E-state index contributed by atoms with van der Waals surface area (Å²) in [4.78, 5) is 39.5. The van der Waals surface area contributed by atoms with Crippen LogP contribution in [0.15, 0.2) is 12.1 Å². The average molecular weight is 451 g/mol. The number of carbonyl (C=O) groups excluding carboxylic acids is 3. The Hall–Kier alpha value is -3.03. The molecule has 2 saturated carbocycles. The highest BCUT2D eigenvalue weighted by Gasteiger charge is 2.52. The molecule has 3 aliphatic rings. The van der Waals surface area contributed by atoms with Gasteiger partial charge in [-0.3, -0.25) is 14.4 Å². The topological polar surface area (TPSA) is 127 Å². The van der Waals surface area contributed by atoms with Crippen LogP contribution >= 0.6 is 0 Å². The third-order valence-electron chi connectivity index (χ3n) is 6.37. The summed E-state index contributed by atoms with van der Waals surface area (Å²) in [6.45, 7) is 0. The Morgan fingerprint density at radius 1 is 1.22 bits per heavy atom. The van der Waals surface area contributed by atoms with Crippen molar-refractivity contribution in [1.29, 1.82) is 5.26 Å². The summed E-state index contributed by atoms with van der Waals surface area (Å²) in [7, 11) is 0. The van der Waals surface area contributed by atoms with Crippen molar-refractivity contribution >= 4 is 17.7 Å². The maximum atomic E-state index is 12.8. The smallest absolute Gasteiger partial charge is 0.350 e. The molecule has 8 nitrogen and oxygen atoms in total. The van der Waals surface area contributed by atoms with Crippen LogP contribution in [0, 0.1) is 23.2 Å². The second-order valence-electron chi connectivity index (χ2n) is 9.09. The van der Waals surface area contributed by atoms with E-state index in [0.29, 0.717) is 12.8 Å². The zero-order chi connectivity index (χ0) is 23.1. The van der Waals surface area contributed by atoms with E-state index in [0.717, 1.165) is 37.8 Å². The van der Waals surface area contributed by atoms with Gasteiger partial charge in [-0.2, -0.15) is 18.4 Å². The maximum Gasteiger partial charge on any atom is 0.431 e. The number of nitrogens with one attached hydrogen (secondary N) is 4. The molecule has 0 aromatic carbocycles. The van der Waals surface area contributed by atoms with Crippen molar-refractivity contribution in [2.75, 3.05) is 0 Å². The van der Waals surface area contributed by atoms with Gasteiger partial charge in [-0.25, -0.2) is 0 Å². The number of alkyl halides is 3. The molecule has 4 rings (SSSR count). The largest absolute Gasteiger partial charge is 0.431 e. The summed E-state index contributed by atoms with van der Waals surface area (Å²) >= 11 is 0. The van der Waals surface area contributed by atoms with Crippen molar-refractivity contribution in [2.45, 2.75) is 68.7 Å². The first-order valence-corrected chi connectivity index (χ1v) is 10.7. The van der Waals surface area contributed by atoms with Crippen molar-refractivity contribution in [3.05, 3.63) is 23.5 Å². The van der Waals surface area contributed by atoms with Gasteiger partial charge in [0.05, 0.1) is 6.07 Å². The highest BCUT2D eigenvalue weighted by molar-refractivity contribution is 5.96. The second-order valence-corrected chi connectivity index (χ2v) is 9.09. The van der Waals surface area contributed by atoms with E-state index in [-0.39, 0.29) is 35.4 Å². The van der Waals surface area contributed by atoms with Crippen molar-refractivity contribution < 1.29 is 27.6 Å². The second kappa shape index (κ2) is 8.15. The molecule has 0 bridgehead atoms. The molecule has 0 unspecified atom stereocenters. The fraction of sp³-hybridized carbons (Fsp3) is 0.619. The molecule has 3 amide bonds. The minimum absolute atomic E-state index is 0.118. The average Bonchev–Trinajstić information content (AvgIpc) is 3.60. The minimum Gasteiger partial charge on any atom is -0.350 e. The number of nitrogens with zero attached hydrogens (tertiary/aromatic N) is 1. The van der Waals surface area contributed by atoms with Gasteiger partial charge in [0.2, 0.25) is 11.8 Å². The molecule has 11 heteroatoms. The van der Waals surface area contributed by atoms with E-state index >= 15 is 0 Å². The Labute approximate surface area is 182 Å². The number of aromatic nitrogens is 1. The van der Waals surface area contributed by atoms with Crippen LogP contribution < -0.4 is 16.0 Å². The van der Waals surface area contributed by atoms with Gasteiger partial charge in [-0.05, 0) is 50.2 Å². The Bertz CT molecular complexity index is 959. The molecule has 1 spiro atoms. The van der Waals surface area contributed by atoms with Gasteiger partial charge >= 0.3 is 6.18 Å². The molecular weight excluding hydrogens is 427 g/mol. The molecule has 2 heterocycles. The van der Waals surface area contributed by atoms with Crippen LogP contribution in [-0.4, -0.2) is 40.3 Å². The fourth-order valence-corrected chi connectivity index (χ4v) is 4.20. The third-order valence-corrected chi connectivity index (χ3v) is 6.37. The molecule has 1 aromatic rings. The van der Waals surface area contributed by atoms with E-state index in [4.69, 9.17) is 0 Å². The van der Waals surface area contributed by atoms with Crippen molar-refractivity contribution in [3.8, 4) is 6.07 Å². The van der Waals surface area contributed by atoms with E-state index in [2.05, 4.69) is 16.0 Å². The van der Waals surface area contributed by atoms with Crippen molar-refractivity contribution in [2.24, 2.45) is 11.8 Å². The van der Waals surface area contributed by atoms with Crippen LogP contribution in [0.5, 0.6) is 0 Å². The number of halogens is 3. The van der Waals surface area contributed by atoms with Crippen LogP contribution in [0.2, 0.25) is 0 Å². The Morgan fingerprint density at radius 3 is 2.47 bits per heavy atom. The number of carbonyl (C=O) groups is 3. The molecule has 3 atom stereocenters. The molecule has 0 radical (unpaired) electrons. The van der Waals surface area contributed by atoms with Gasteiger partial charge in [-0.1, -0.05) is 12.8 Å². The molecule has 4 N–H and O–H groups in total. The summed E-state index contributed by atoms with van der Waals surface area (Å²) in [5.41, 5.74) is -1.50. The zero-order valence-electron chi connectivity index (χ0n) is 17.2. The summed E-state index contributed by atoms with van der Waals surface area (Å²) in [6.07, 6.45) is 0.150. The molecule has 32 heavy (non-hydrogen) atoms. The summed E-state index contributed by atoms with van der Waals surface area (Å²) in [5.74, 6) is -1.67. The van der Waals surface area contributed by atoms with Crippen LogP contribution in [-0.2, 0) is 15.8 Å². The lowest BCUT2D eigenvalue weighted by molar-refractivity contribution is -0.140. The summed E-state index contributed by atoms with van der Waals surface area (Å²) in [6, 6.07) is 1.87. The monoisotopic (exact) mass is 451 g/mol. The maximum absolute atomic E-state index is 12.8. The van der Waals surface area contributed by atoms with Crippen LogP contribution in [0.1, 0.15) is 61.1 Å². The number of H-pyrrole nitrogens is 1. The van der Waals surface area contributed by atoms with E-state index in [9.17, 15) is 32.8 Å². The molecule has 1 aliphatic heterocycles. The number of hydrogen-bond acceptors (Lipinski definition) is 4. The standard InChI is InChI=1S/C21H24F3N5O3/c22-21(23,24)16-4-3-14(27-16)18(31)28-15(7-11-1-2-11)19(32)26-13(10-25)8-12-9-20(5-6-20)29-17(12)30/h3-4,11-13,15,27H,1-2,5-9H2,(H,26,32)(H,28,31)(H,29,30)/t12-,13+,15+/m1/s1. The Kier molecular flexibility index (Phi) is 5.65. The first-order chi connectivity index (χ1) is 15.1. The van der Waals surface area contributed by atoms with E-state index < -0.39 is 35.8 Å². The molecular formula is C21H24F3N5O3. The Morgan fingerprint density at radius 2 is 1.94 bits per heavy atom. The highest BCUT2D eigenvalue weighted by Crippen LogP contribution is 2.46. The van der Waals surface area contributed by atoms with Gasteiger partial charge in [-0.15, -0.1) is 0 Å². The Balaban J connectivity index is 1.37. The van der Waals surface area contributed by atoms with Crippen LogP contribution in [0.3, 0.4) is 0 Å².